The lowest BCUT2D eigenvalue weighted by Gasteiger charge is -2.32. The highest BCUT2D eigenvalue weighted by Crippen LogP contribution is 2.50. The summed E-state index contributed by atoms with van der Waals surface area (Å²) in [4.78, 5) is 14.9. The number of halogens is 1. The van der Waals surface area contributed by atoms with Crippen LogP contribution in [-0.4, -0.2) is 34.1 Å². The van der Waals surface area contributed by atoms with Crippen LogP contribution in [0.4, 0.5) is 0 Å². The van der Waals surface area contributed by atoms with Gasteiger partial charge in [0.2, 0.25) is 5.91 Å². The van der Waals surface area contributed by atoms with Crippen LogP contribution in [0.1, 0.15) is 42.4 Å². The summed E-state index contributed by atoms with van der Waals surface area (Å²) in [7, 11) is 0. The summed E-state index contributed by atoms with van der Waals surface area (Å²) in [6.45, 7) is 1.67. The number of hydrogen-bond acceptors (Lipinski definition) is 2. The second-order valence-electron chi connectivity index (χ2n) is 6.61. The third kappa shape index (κ3) is 2.88. The van der Waals surface area contributed by atoms with Gasteiger partial charge in [-0.15, -0.1) is 0 Å². The fourth-order valence-electron chi connectivity index (χ4n) is 3.75. The van der Waals surface area contributed by atoms with E-state index in [9.17, 15) is 4.79 Å². The standard InChI is InChI=1S/C18H20ClN3O/c19-16-6-2-1-5-13(16)14-10-15(14)18(23)22-9-3-4-12(11-22)17-7-8-20-21-17/h1-2,5-8,12,14-15H,3-4,9-11H2,(H,20,21)/t12-,14-,15+/m0/s1. The van der Waals surface area contributed by atoms with Gasteiger partial charge in [0, 0.05) is 41.8 Å². The molecule has 0 bridgehead atoms. The topological polar surface area (TPSA) is 49.0 Å². The predicted molar refractivity (Wildman–Crippen MR) is 89.4 cm³/mol. The number of hydrogen-bond donors (Lipinski definition) is 1. The molecule has 1 saturated carbocycles. The summed E-state index contributed by atoms with van der Waals surface area (Å²) in [5.74, 6) is 1.07. The molecule has 0 unspecified atom stereocenters. The van der Waals surface area contributed by atoms with Crippen LogP contribution in [0.5, 0.6) is 0 Å². The zero-order valence-corrected chi connectivity index (χ0v) is 13.7. The number of aromatic nitrogens is 2. The number of carbonyl (C=O) groups excluding carboxylic acids is 1. The largest absolute Gasteiger partial charge is 0.342 e. The van der Waals surface area contributed by atoms with Gasteiger partial charge in [0.05, 0.1) is 0 Å². The summed E-state index contributed by atoms with van der Waals surface area (Å²) >= 11 is 6.27. The van der Waals surface area contributed by atoms with Gasteiger partial charge in [0.25, 0.3) is 0 Å². The molecule has 1 aliphatic carbocycles. The van der Waals surface area contributed by atoms with Gasteiger partial charge in [-0.1, -0.05) is 29.8 Å². The highest BCUT2D eigenvalue weighted by atomic mass is 35.5. The number of H-pyrrole nitrogens is 1. The SMILES string of the molecule is O=C([C@@H]1C[C@H]1c1ccccc1Cl)N1CCC[C@H](c2ccn[nH]2)C1. The number of amides is 1. The lowest BCUT2D eigenvalue weighted by atomic mass is 9.94. The van der Waals surface area contributed by atoms with Gasteiger partial charge in [0.15, 0.2) is 0 Å². The molecule has 2 heterocycles. The Morgan fingerprint density at radius 2 is 2.17 bits per heavy atom. The second kappa shape index (κ2) is 6.00. The maximum Gasteiger partial charge on any atom is 0.226 e. The van der Waals surface area contributed by atoms with Crippen LogP contribution in [-0.2, 0) is 4.79 Å². The maximum absolute atomic E-state index is 12.8. The third-order valence-corrected chi connectivity index (χ3v) is 5.45. The van der Waals surface area contributed by atoms with Crippen molar-refractivity contribution in [3.05, 3.63) is 52.8 Å². The minimum atomic E-state index is 0.107. The Hall–Kier alpha value is -1.81. The maximum atomic E-state index is 12.8. The van der Waals surface area contributed by atoms with Gasteiger partial charge in [0.1, 0.15) is 0 Å². The highest BCUT2D eigenvalue weighted by Gasteiger charge is 2.47. The van der Waals surface area contributed by atoms with E-state index in [0.29, 0.717) is 17.7 Å². The number of benzene rings is 1. The van der Waals surface area contributed by atoms with E-state index in [0.717, 1.165) is 48.6 Å². The van der Waals surface area contributed by atoms with E-state index in [1.165, 1.54) is 0 Å². The molecule has 2 fully saturated rings. The summed E-state index contributed by atoms with van der Waals surface area (Å²) in [6.07, 6.45) is 4.88. The van der Waals surface area contributed by atoms with Crippen molar-refractivity contribution in [1.29, 1.82) is 0 Å². The first-order valence-electron chi connectivity index (χ1n) is 8.26. The summed E-state index contributed by atoms with van der Waals surface area (Å²) < 4.78 is 0. The average Bonchev–Trinajstić information content (AvgIpc) is 3.17. The second-order valence-corrected chi connectivity index (χ2v) is 7.01. The molecule has 1 saturated heterocycles. The molecule has 4 nitrogen and oxygen atoms in total. The van der Waals surface area contributed by atoms with Crippen LogP contribution in [0.2, 0.25) is 5.02 Å². The fourth-order valence-corrected chi connectivity index (χ4v) is 4.02. The van der Waals surface area contributed by atoms with Gasteiger partial charge >= 0.3 is 0 Å². The minimum absolute atomic E-state index is 0.107. The Balaban J connectivity index is 1.43. The molecule has 4 rings (SSSR count). The Morgan fingerprint density at radius 1 is 1.30 bits per heavy atom. The van der Waals surface area contributed by atoms with Gasteiger partial charge in [-0.2, -0.15) is 5.10 Å². The van der Waals surface area contributed by atoms with E-state index in [4.69, 9.17) is 11.6 Å². The molecular weight excluding hydrogens is 310 g/mol. The minimum Gasteiger partial charge on any atom is -0.342 e. The van der Waals surface area contributed by atoms with Crippen molar-refractivity contribution in [3.63, 3.8) is 0 Å². The smallest absolute Gasteiger partial charge is 0.226 e. The number of piperidine rings is 1. The molecule has 1 N–H and O–H groups in total. The summed E-state index contributed by atoms with van der Waals surface area (Å²) in [5.41, 5.74) is 2.26. The Kier molecular flexibility index (Phi) is 3.85. The zero-order valence-electron chi connectivity index (χ0n) is 12.9. The van der Waals surface area contributed by atoms with Crippen LogP contribution in [0.3, 0.4) is 0 Å². The number of likely N-dealkylation sites (tertiary alicyclic amines) is 1. The van der Waals surface area contributed by atoms with Crippen LogP contribution in [0.15, 0.2) is 36.5 Å². The van der Waals surface area contributed by atoms with Crippen molar-refractivity contribution in [2.24, 2.45) is 5.92 Å². The van der Waals surface area contributed by atoms with E-state index < -0.39 is 0 Å². The van der Waals surface area contributed by atoms with E-state index in [-0.39, 0.29) is 5.92 Å². The highest BCUT2D eigenvalue weighted by molar-refractivity contribution is 6.31. The molecule has 1 aromatic carbocycles. The van der Waals surface area contributed by atoms with E-state index in [1.54, 1.807) is 6.20 Å². The third-order valence-electron chi connectivity index (χ3n) is 5.11. The van der Waals surface area contributed by atoms with E-state index in [2.05, 4.69) is 10.2 Å². The Morgan fingerprint density at radius 3 is 2.96 bits per heavy atom. The van der Waals surface area contributed by atoms with E-state index >= 15 is 0 Å². The Labute approximate surface area is 140 Å². The molecule has 1 aromatic heterocycles. The molecule has 120 valence electrons. The monoisotopic (exact) mass is 329 g/mol. The number of aromatic amines is 1. The zero-order chi connectivity index (χ0) is 15.8. The number of rotatable bonds is 3. The van der Waals surface area contributed by atoms with Crippen molar-refractivity contribution in [1.82, 2.24) is 15.1 Å². The molecular formula is C18H20ClN3O. The lowest BCUT2D eigenvalue weighted by molar-refractivity contribution is -0.133. The average molecular weight is 330 g/mol. The van der Waals surface area contributed by atoms with E-state index in [1.807, 2.05) is 35.2 Å². The number of carbonyl (C=O) groups is 1. The molecule has 3 atom stereocenters. The number of nitrogens with zero attached hydrogens (tertiary/aromatic N) is 2. The first-order chi connectivity index (χ1) is 11.2. The quantitative estimate of drug-likeness (QED) is 0.935. The molecule has 23 heavy (non-hydrogen) atoms. The summed E-state index contributed by atoms with van der Waals surface area (Å²) in [6, 6.07) is 9.90. The molecule has 1 amide bonds. The molecule has 5 heteroatoms. The van der Waals surface area contributed by atoms with Crippen LogP contribution in [0, 0.1) is 5.92 Å². The normalized spacial score (nSPS) is 27.0. The molecule has 1 aliphatic heterocycles. The summed E-state index contributed by atoms with van der Waals surface area (Å²) in [5, 5.41) is 7.86. The van der Waals surface area contributed by atoms with Gasteiger partial charge in [-0.3, -0.25) is 9.89 Å². The predicted octanol–water partition coefficient (Wildman–Crippen LogP) is 3.57. The van der Waals surface area contributed by atoms with Crippen LogP contribution in [0.25, 0.3) is 0 Å². The lowest BCUT2D eigenvalue weighted by Crippen LogP contribution is -2.40. The van der Waals surface area contributed by atoms with Crippen molar-refractivity contribution in [3.8, 4) is 0 Å². The van der Waals surface area contributed by atoms with Crippen molar-refractivity contribution < 1.29 is 4.79 Å². The van der Waals surface area contributed by atoms with Gasteiger partial charge in [-0.05, 0) is 42.9 Å². The van der Waals surface area contributed by atoms with Gasteiger partial charge in [-0.25, -0.2) is 0 Å². The number of nitrogens with one attached hydrogen (secondary N) is 1. The van der Waals surface area contributed by atoms with Crippen molar-refractivity contribution >= 4 is 17.5 Å². The first kappa shape index (κ1) is 14.8. The fraction of sp³-hybridized carbons (Fsp3) is 0.444. The Bertz CT molecular complexity index is 700. The molecule has 0 radical (unpaired) electrons. The van der Waals surface area contributed by atoms with Crippen LogP contribution >= 0.6 is 11.6 Å². The molecule has 2 aliphatic rings. The molecule has 0 spiro atoms. The van der Waals surface area contributed by atoms with Crippen LogP contribution < -0.4 is 0 Å². The molecule has 2 aromatic rings. The van der Waals surface area contributed by atoms with Crippen molar-refractivity contribution in [2.75, 3.05) is 13.1 Å². The first-order valence-corrected chi connectivity index (χ1v) is 8.64. The van der Waals surface area contributed by atoms with Crippen molar-refractivity contribution in [2.45, 2.75) is 31.1 Å². The van der Waals surface area contributed by atoms with Gasteiger partial charge < -0.3 is 4.90 Å².